The molecule has 110 valence electrons. The van der Waals surface area contributed by atoms with Gasteiger partial charge in [0.15, 0.2) is 5.16 Å². The molecule has 0 fully saturated rings. The van der Waals surface area contributed by atoms with Gasteiger partial charge in [0.05, 0.1) is 0 Å². The van der Waals surface area contributed by atoms with Crippen LogP contribution >= 0.6 is 11.8 Å². The van der Waals surface area contributed by atoms with Crippen LogP contribution in [0.5, 0.6) is 0 Å². The number of hydrogen-bond acceptors (Lipinski definition) is 4. The van der Waals surface area contributed by atoms with Gasteiger partial charge >= 0.3 is 0 Å². The van der Waals surface area contributed by atoms with E-state index < -0.39 is 0 Å². The molecular weight excluding hydrogens is 278 g/mol. The van der Waals surface area contributed by atoms with Gasteiger partial charge in [-0.05, 0) is 43.5 Å². The summed E-state index contributed by atoms with van der Waals surface area (Å²) < 4.78 is 0. The zero-order chi connectivity index (χ0) is 14.7. The second-order valence-corrected chi connectivity index (χ2v) is 6.68. The average molecular weight is 299 g/mol. The van der Waals surface area contributed by atoms with Crippen molar-refractivity contribution in [3.8, 4) is 0 Å². The van der Waals surface area contributed by atoms with Crippen LogP contribution in [0.3, 0.4) is 0 Å². The fourth-order valence-corrected chi connectivity index (χ4v) is 4.06. The molecule has 0 bridgehead atoms. The maximum atomic E-state index is 4.54. The summed E-state index contributed by atoms with van der Waals surface area (Å²) in [5.74, 6) is 0. The van der Waals surface area contributed by atoms with E-state index >= 15 is 0 Å². The molecule has 21 heavy (non-hydrogen) atoms. The van der Waals surface area contributed by atoms with Gasteiger partial charge in [-0.1, -0.05) is 43.0 Å². The van der Waals surface area contributed by atoms with Gasteiger partial charge in [-0.2, -0.15) is 0 Å². The summed E-state index contributed by atoms with van der Waals surface area (Å²) in [6, 6.07) is 11.1. The molecule has 0 saturated carbocycles. The first-order valence-corrected chi connectivity index (χ1v) is 8.43. The van der Waals surface area contributed by atoms with E-state index in [0.717, 1.165) is 30.2 Å². The first-order valence-electron chi connectivity index (χ1n) is 7.55. The lowest BCUT2D eigenvalue weighted by Gasteiger charge is -2.20. The van der Waals surface area contributed by atoms with Gasteiger partial charge in [0.25, 0.3) is 0 Å². The number of thioether (sulfide) groups is 1. The monoisotopic (exact) mass is 299 g/mol. The fourth-order valence-electron chi connectivity index (χ4n) is 2.83. The maximum absolute atomic E-state index is 4.54. The number of nitrogens with one attached hydrogen (secondary N) is 1. The second-order valence-electron chi connectivity index (χ2n) is 5.47. The smallest absolute Gasteiger partial charge is 0.188 e. The summed E-state index contributed by atoms with van der Waals surface area (Å²) in [7, 11) is 0. The molecule has 1 aromatic carbocycles. The van der Waals surface area contributed by atoms with Crippen LogP contribution in [0, 0.1) is 6.92 Å². The van der Waals surface area contributed by atoms with Crippen LogP contribution in [-0.2, 0) is 6.42 Å². The number of aromatic nitrogens is 2. The molecular formula is C17H21N3S. The number of rotatable bonds is 5. The Kier molecular flexibility index (Phi) is 4.56. The highest BCUT2D eigenvalue weighted by atomic mass is 32.2. The molecule has 2 aromatic rings. The topological polar surface area (TPSA) is 37.8 Å². The molecule has 0 radical (unpaired) electrons. The van der Waals surface area contributed by atoms with E-state index in [1.807, 2.05) is 19.2 Å². The van der Waals surface area contributed by atoms with Crippen molar-refractivity contribution < 1.29 is 0 Å². The van der Waals surface area contributed by atoms with E-state index in [1.54, 1.807) is 11.8 Å². The van der Waals surface area contributed by atoms with Gasteiger partial charge in [-0.3, -0.25) is 0 Å². The molecule has 1 aromatic heterocycles. The Morgan fingerprint density at radius 3 is 2.95 bits per heavy atom. The van der Waals surface area contributed by atoms with E-state index in [-0.39, 0.29) is 0 Å². The van der Waals surface area contributed by atoms with Gasteiger partial charge in [0.1, 0.15) is 0 Å². The molecule has 3 rings (SSSR count). The normalized spacial score (nSPS) is 20.5. The van der Waals surface area contributed by atoms with Gasteiger partial charge in [-0.15, -0.1) is 0 Å². The van der Waals surface area contributed by atoms with Gasteiger partial charge in [0, 0.05) is 23.2 Å². The average Bonchev–Trinajstić information content (AvgIpc) is 2.82. The molecule has 4 heteroatoms. The van der Waals surface area contributed by atoms with Crippen molar-refractivity contribution in [2.75, 3.05) is 6.54 Å². The Morgan fingerprint density at radius 2 is 2.14 bits per heavy atom. The minimum atomic E-state index is 0.398. The number of benzene rings is 1. The number of fused-ring (bicyclic) bond motifs is 1. The predicted molar refractivity (Wildman–Crippen MR) is 87.6 cm³/mol. The molecule has 3 nitrogen and oxygen atoms in total. The van der Waals surface area contributed by atoms with Crippen LogP contribution in [0.25, 0.3) is 0 Å². The predicted octanol–water partition coefficient (Wildman–Crippen LogP) is 3.54. The minimum absolute atomic E-state index is 0.398. The van der Waals surface area contributed by atoms with Crippen LogP contribution in [0.2, 0.25) is 0 Å². The number of nitrogens with zero attached hydrogens (tertiary/aromatic N) is 2. The van der Waals surface area contributed by atoms with Crippen molar-refractivity contribution in [1.29, 1.82) is 0 Å². The van der Waals surface area contributed by atoms with Crippen LogP contribution in [0.4, 0.5) is 0 Å². The largest absolute Gasteiger partial charge is 0.309 e. The van der Waals surface area contributed by atoms with Gasteiger partial charge in [0.2, 0.25) is 0 Å². The highest BCUT2D eigenvalue weighted by Crippen LogP contribution is 2.40. The van der Waals surface area contributed by atoms with Gasteiger partial charge < -0.3 is 5.32 Å². The minimum Gasteiger partial charge on any atom is -0.309 e. The molecule has 0 amide bonds. The molecule has 1 aliphatic rings. The van der Waals surface area contributed by atoms with Crippen LogP contribution in [0.1, 0.15) is 36.2 Å². The molecule has 1 heterocycles. The lowest BCUT2D eigenvalue weighted by atomic mass is 10.1. The fraction of sp³-hybridized carbons (Fsp3) is 0.412. The van der Waals surface area contributed by atoms with Crippen molar-refractivity contribution in [2.24, 2.45) is 0 Å². The van der Waals surface area contributed by atoms with E-state index in [0.29, 0.717) is 11.3 Å². The molecule has 1 N–H and O–H groups in total. The quantitative estimate of drug-likeness (QED) is 0.857. The lowest BCUT2D eigenvalue weighted by molar-refractivity contribution is 0.538. The molecule has 2 atom stereocenters. The summed E-state index contributed by atoms with van der Waals surface area (Å²) in [6.07, 6.45) is 4.08. The molecule has 0 saturated heterocycles. The highest BCUT2D eigenvalue weighted by Gasteiger charge is 2.33. The van der Waals surface area contributed by atoms with E-state index in [9.17, 15) is 0 Å². The van der Waals surface area contributed by atoms with Crippen molar-refractivity contribution in [3.63, 3.8) is 0 Å². The standard InChI is InChI=1S/C17H21N3S/c1-3-9-18-16-14-7-5-4-6-13(14)11-15(16)21-17-19-10-8-12(2)20-17/h4-8,10,15-16,18H,3,9,11H2,1-2H3. The Bertz CT molecular complexity index is 614. The third-order valence-corrected chi connectivity index (χ3v) is 4.98. The second kappa shape index (κ2) is 6.58. The van der Waals surface area contributed by atoms with E-state index in [2.05, 4.69) is 46.5 Å². The lowest BCUT2D eigenvalue weighted by Crippen LogP contribution is -2.27. The van der Waals surface area contributed by atoms with Crippen molar-refractivity contribution >= 4 is 11.8 Å². The van der Waals surface area contributed by atoms with Gasteiger partial charge in [-0.25, -0.2) is 9.97 Å². The summed E-state index contributed by atoms with van der Waals surface area (Å²) >= 11 is 1.80. The highest BCUT2D eigenvalue weighted by molar-refractivity contribution is 7.99. The Hall–Kier alpha value is -1.39. The first-order chi connectivity index (χ1) is 10.3. The zero-order valence-corrected chi connectivity index (χ0v) is 13.4. The SMILES string of the molecule is CCCNC1c2ccccc2CC1Sc1nccc(C)n1. The van der Waals surface area contributed by atoms with Crippen molar-refractivity contribution in [1.82, 2.24) is 15.3 Å². The van der Waals surface area contributed by atoms with Crippen LogP contribution in [-0.4, -0.2) is 21.8 Å². The number of hydrogen-bond donors (Lipinski definition) is 1. The van der Waals surface area contributed by atoms with E-state index in [1.165, 1.54) is 11.1 Å². The molecule has 2 unspecified atom stereocenters. The summed E-state index contributed by atoms with van der Waals surface area (Å²) in [6.45, 7) is 5.27. The first kappa shape index (κ1) is 14.5. The van der Waals surface area contributed by atoms with Crippen LogP contribution < -0.4 is 5.32 Å². The summed E-state index contributed by atoms with van der Waals surface area (Å²) in [4.78, 5) is 8.94. The Balaban J connectivity index is 1.81. The molecule has 1 aliphatic carbocycles. The number of aryl methyl sites for hydroxylation is 1. The third-order valence-electron chi connectivity index (χ3n) is 3.83. The molecule has 0 spiro atoms. The van der Waals surface area contributed by atoms with E-state index in [4.69, 9.17) is 0 Å². The third kappa shape index (κ3) is 3.27. The summed E-state index contributed by atoms with van der Waals surface area (Å²) in [5, 5.41) is 5.05. The molecule has 0 aliphatic heterocycles. The van der Waals surface area contributed by atoms with Crippen molar-refractivity contribution in [2.45, 2.75) is 43.1 Å². The zero-order valence-electron chi connectivity index (χ0n) is 12.5. The van der Waals surface area contributed by atoms with Crippen molar-refractivity contribution in [3.05, 3.63) is 53.3 Å². The summed E-state index contributed by atoms with van der Waals surface area (Å²) in [5.41, 5.74) is 3.92. The Labute approximate surface area is 130 Å². The van der Waals surface area contributed by atoms with Crippen LogP contribution in [0.15, 0.2) is 41.7 Å². The maximum Gasteiger partial charge on any atom is 0.188 e. The Morgan fingerprint density at radius 1 is 1.29 bits per heavy atom.